The number of imidazole rings is 1. The molecule has 0 saturated carbocycles. The average Bonchev–Trinajstić information content (AvgIpc) is 2.87. The summed E-state index contributed by atoms with van der Waals surface area (Å²) in [6, 6.07) is 0. The van der Waals surface area contributed by atoms with Gasteiger partial charge in [0.15, 0.2) is 11.5 Å². The molecule has 6 heteroatoms. The summed E-state index contributed by atoms with van der Waals surface area (Å²) in [5, 5.41) is 0. The molecule has 3 N–H and O–H groups in total. The highest BCUT2D eigenvalue weighted by Gasteiger charge is 2.12. The molecule has 0 aromatic carbocycles. The van der Waals surface area contributed by atoms with Crippen molar-refractivity contribution in [1.29, 1.82) is 0 Å². The molecule has 0 aliphatic heterocycles. The van der Waals surface area contributed by atoms with Crippen molar-refractivity contribution < 1.29 is 0 Å². The molecule has 2 rings (SSSR count). The van der Waals surface area contributed by atoms with E-state index in [0.717, 1.165) is 5.57 Å². The molecule has 0 aliphatic rings. The third-order valence-electron chi connectivity index (χ3n) is 2.70. The lowest BCUT2D eigenvalue weighted by atomic mass is 10.2. The van der Waals surface area contributed by atoms with E-state index in [-0.39, 0.29) is 11.5 Å². The number of hydrogen-bond acceptors (Lipinski definition) is 4. The van der Waals surface area contributed by atoms with Crippen LogP contribution >= 0.6 is 0 Å². The van der Waals surface area contributed by atoms with E-state index in [1.807, 2.05) is 27.7 Å². The summed E-state index contributed by atoms with van der Waals surface area (Å²) >= 11 is 0. The maximum atomic E-state index is 12.0. The maximum absolute atomic E-state index is 12.0. The van der Waals surface area contributed by atoms with Crippen molar-refractivity contribution in [2.45, 2.75) is 41.2 Å². The molecule has 23 heavy (non-hydrogen) atoms. The predicted octanol–water partition coefficient (Wildman–Crippen LogP) is 3.36. The van der Waals surface area contributed by atoms with Crippen molar-refractivity contribution in [3.8, 4) is 0 Å². The molecule has 0 radical (unpaired) electrons. The first-order valence-corrected chi connectivity index (χ1v) is 7.73. The van der Waals surface area contributed by atoms with E-state index in [9.17, 15) is 4.79 Å². The Labute approximate surface area is 137 Å². The SMILES string of the molecule is C=C/C=C(\C=C)Cn1c(=O)[nH]c2c(N)nc(C)nc21.CC.CC. The number of hydrogen-bond donors (Lipinski definition) is 2. The fourth-order valence-electron chi connectivity index (χ4n) is 1.83. The van der Waals surface area contributed by atoms with Crippen LogP contribution in [0.3, 0.4) is 0 Å². The number of allylic oxidation sites excluding steroid dienone is 4. The number of nitrogens with zero attached hydrogens (tertiary/aromatic N) is 3. The standard InChI is InChI=1S/C13H15N5O.2C2H6/c1-4-6-9(5-2)7-18-12-10(17-13(18)19)11(14)15-8(3)16-12;2*1-2/h4-6H,1-2,7H2,3H3,(H,17,19)(H2,14,15,16);2*1-2H3/b9-6+;;. The van der Waals surface area contributed by atoms with Crippen LogP contribution in [0.1, 0.15) is 33.5 Å². The summed E-state index contributed by atoms with van der Waals surface area (Å²) in [7, 11) is 0. The van der Waals surface area contributed by atoms with Gasteiger partial charge in [0, 0.05) is 0 Å². The second-order valence-electron chi connectivity index (χ2n) is 4.05. The number of anilines is 1. The Bertz CT molecular complexity index is 737. The third-order valence-corrected chi connectivity index (χ3v) is 2.70. The fourth-order valence-corrected chi connectivity index (χ4v) is 1.83. The molecule has 2 aromatic heterocycles. The summed E-state index contributed by atoms with van der Waals surface area (Å²) < 4.78 is 1.50. The molecular formula is C17H27N5O. The molecule has 2 heterocycles. The third kappa shape index (κ3) is 4.95. The highest BCUT2D eigenvalue weighted by atomic mass is 16.1. The highest BCUT2D eigenvalue weighted by molar-refractivity contribution is 5.81. The van der Waals surface area contributed by atoms with E-state index >= 15 is 0 Å². The van der Waals surface area contributed by atoms with Crippen LogP contribution in [0.5, 0.6) is 0 Å². The molecule has 126 valence electrons. The quantitative estimate of drug-likeness (QED) is 0.846. The normalized spacial score (nSPS) is 10.2. The van der Waals surface area contributed by atoms with Crippen molar-refractivity contribution in [2.75, 3.05) is 5.73 Å². The maximum Gasteiger partial charge on any atom is 0.328 e. The van der Waals surface area contributed by atoms with Gasteiger partial charge >= 0.3 is 5.69 Å². The van der Waals surface area contributed by atoms with Gasteiger partial charge in [0.1, 0.15) is 11.3 Å². The van der Waals surface area contributed by atoms with Crippen molar-refractivity contribution >= 4 is 17.0 Å². The number of aromatic amines is 1. The van der Waals surface area contributed by atoms with Gasteiger partial charge in [-0.3, -0.25) is 4.57 Å². The van der Waals surface area contributed by atoms with E-state index in [0.29, 0.717) is 23.5 Å². The topological polar surface area (TPSA) is 89.6 Å². The van der Waals surface area contributed by atoms with Crippen LogP contribution in [0.25, 0.3) is 11.2 Å². The molecule has 6 nitrogen and oxygen atoms in total. The summed E-state index contributed by atoms with van der Waals surface area (Å²) in [5.74, 6) is 0.789. The first-order valence-electron chi connectivity index (χ1n) is 7.73. The molecule has 0 atom stereocenters. The highest BCUT2D eigenvalue weighted by Crippen LogP contribution is 2.14. The van der Waals surface area contributed by atoms with E-state index in [2.05, 4.69) is 28.1 Å². The van der Waals surface area contributed by atoms with Gasteiger partial charge in [0.25, 0.3) is 0 Å². The van der Waals surface area contributed by atoms with Crippen LogP contribution < -0.4 is 11.4 Å². The number of nitrogen functional groups attached to an aromatic ring is 1. The zero-order valence-electron chi connectivity index (χ0n) is 14.7. The lowest BCUT2D eigenvalue weighted by Crippen LogP contribution is -2.18. The Hall–Kier alpha value is -2.63. The molecule has 0 bridgehead atoms. The Morgan fingerprint density at radius 3 is 2.39 bits per heavy atom. The van der Waals surface area contributed by atoms with Crippen molar-refractivity contribution in [1.82, 2.24) is 19.5 Å². The second-order valence-corrected chi connectivity index (χ2v) is 4.05. The lowest BCUT2D eigenvalue weighted by molar-refractivity contribution is 0.775. The van der Waals surface area contributed by atoms with Crippen LogP contribution in [0.15, 0.2) is 41.8 Å². The number of aryl methyl sites for hydroxylation is 1. The van der Waals surface area contributed by atoms with E-state index in [1.165, 1.54) is 4.57 Å². The second kappa shape index (κ2) is 10.2. The number of aromatic nitrogens is 4. The number of H-pyrrole nitrogens is 1. The minimum atomic E-state index is -0.279. The van der Waals surface area contributed by atoms with Gasteiger partial charge in [-0.25, -0.2) is 14.8 Å². The summed E-state index contributed by atoms with van der Waals surface area (Å²) in [5.41, 5.74) is 7.30. The average molecular weight is 317 g/mol. The minimum absolute atomic E-state index is 0.270. The minimum Gasteiger partial charge on any atom is -0.382 e. The molecular weight excluding hydrogens is 290 g/mol. The molecule has 0 aliphatic carbocycles. The number of fused-ring (bicyclic) bond motifs is 1. The first-order chi connectivity index (χ1) is 11.1. The molecule has 2 aromatic rings. The summed E-state index contributed by atoms with van der Waals surface area (Å²) in [6.45, 7) is 17.4. The van der Waals surface area contributed by atoms with Gasteiger partial charge in [-0.05, 0) is 12.5 Å². The Kier molecular flexibility index (Phi) is 8.99. The molecule has 0 spiro atoms. The van der Waals surface area contributed by atoms with Crippen molar-refractivity contribution in [3.05, 3.63) is 53.3 Å². The van der Waals surface area contributed by atoms with Crippen LogP contribution in [-0.2, 0) is 6.54 Å². The molecule has 0 unspecified atom stereocenters. The van der Waals surface area contributed by atoms with E-state index < -0.39 is 0 Å². The number of nitrogens with one attached hydrogen (secondary N) is 1. The lowest BCUT2D eigenvalue weighted by Gasteiger charge is -2.04. The van der Waals surface area contributed by atoms with E-state index in [4.69, 9.17) is 5.73 Å². The van der Waals surface area contributed by atoms with Gasteiger partial charge in [0.2, 0.25) is 0 Å². The number of nitrogens with two attached hydrogens (primary N) is 1. The summed E-state index contributed by atoms with van der Waals surface area (Å²) in [6.07, 6.45) is 5.10. The van der Waals surface area contributed by atoms with Gasteiger partial charge < -0.3 is 10.7 Å². The van der Waals surface area contributed by atoms with Crippen LogP contribution in [-0.4, -0.2) is 19.5 Å². The zero-order valence-corrected chi connectivity index (χ0v) is 14.7. The molecule has 0 amide bonds. The van der Waals surface area contributed by atoms with Gasteiger partial charge in [0.05, 0.1) is 6.54 Å². The van der Waals surface area contributed by atoms with Gasteiger partial charge in [-0.15, -0.1) is 0 Å². The first kappa shape index (κ1) is 20.4. The largest absolute Gasteiger partial charge is 0.382 e. The van der Waals surface area contributed by atoms with Crippen molar-refractivity contribution in [3.63, 3.8) is 0 Å². The molecule has 0 saturated heterocycles. The predicted molar refractivity (Wildman–Crippen MR) is 98.5 cm³/mol. The Morgan fingerprint density at radius 2 is 1.87 bits per heavy atom. The van der Waals surface area contributed by atoms with Crippen molar-refractivity contribution in [2.24, 2.45) is 0 Å². The zero-order chi connectivity index (χ0) is 18.0. The molecule has 0 fully saturated rings. The van der Waals surface area contributed by atoms with Gasteiger partial charge in [-0.1, -0.05) is 59.1 Å². The fraction of sp³-hybridized carbons (Fsp3) is 0.353. The monoisotopic (exact) mass is 317 g/mol. The Morgan fingerprint density at radius 1 is 1.26 bits per heavy atom. The van der Waals surface area contributed by atoms with Crippen LogP contribution in [0.2, 0.25) is 0 Å². The Balaban J connectivity index is 0.00000112. The van der Waals surface area contributed by atoms with Gasteiger partial charge in [-0.2, -0.15) is 0 Å². The van der Waals surface area contributed by atoms with Crippen LogP contribution in [0, 0.1) is 6.92 Å². The summed E-state index contributed by atoms with van der Waals surface area (Å²) in [4.78, 5) is 22.9. The van der Waals surface area contributed by atoms with E-state index in [1.54, 1.807) is 25.2 Å². The smallest absolute Gasteiger partial charge is 0.328 e. The number of rotatable bonds is 4. The van der Waals surface area contributed by atoms with Crippen LogP contribution in [0.4, 0.5) is 5.82 Å².